The molecule has 0 heterocycles. The highest BCUT2D eigenvalue weighted by molar-refractivity contribution is 6.33. The highest BCUT2D eigenvalue weighted by Crippen LogP contribution is 2.19. The Morgan fingerprint density at radius 3 is 2.57 bits per heavy atom. The normalized spacial score (nSPS) is 11.7. The van der Waals surface area contributed by atoms with Crippen LogP contribution in [0.3, 0.4) is 0 Å². The van der Waals surface area contributed by atoms with E-state index in [0.717, 1.165) is 12.1 Å². The second-order valence-corrected chi connectivity index (χ2v) is 5.51. The molecule has 2 aromatic carbocycles. The number of halogens is 3. The van der Waals surface area contributed by atoms with E-state index < -0.39 is 23.8 Å². The molecule has 1 atom stereocenters. The highest BCUT2D eigenvalue weighted by atomic mass is 35.5. The first-order chi connectivity index (χ1) is 10.9. The van der Waals surface area contributed by atoms with E-state index in [1.54, 1.807) is 24.3 Å². The highest BCUT2D eigenvalue weighted by Gasteiger charge is 2.21. The number of rotatable bonds is 4. The molecule has 0 aliphatic carbocycles. The minimum absolute atomic E-state index is 0.0181. The number of ether oxygens (including phenoxy) is 1. The fourth-order valence-electron chi connectivity index (χ4n) is 1.74. The minimum atomic E-state index is -1.07. The van der Waals surface area contributed by atoms with Gasteiger partial charge in [-0.3, -0.25) is 4.79 Å². The summed E-state index contributed by atoms with van der Waals surface area (Å²) in [4.78, 5) is 24.0. The second kappa shape index (κ2) is 7.44. The Hall–Kier alpha value is -2.11. The van der Waals surface area contributed by atoms with E-state index in [1.165, 1.54) is 13.0 Å². The van der Waals surface area contributed by atoms with Crippen LogP contribution in [0.25, 0.3) is 0 Å². The number of esters is 1. The van der Waals surface area contributed by atoms with Crippen LogP contribution >= 0.6 is 23.2 Å². The van der Waals surface area contributed by atoms with Gasteiger partial charge in [0.05, 0.1) is 10.6 Å². The molecule has 2 aromatic rings. The lowest BCUT2D eigenvalue weighted by atomic mass is 10.2. The Morgan fingerprint density at radius 1 is 1.17 bits per heavy atom. The lowest BCUT2D eigenvalue weighted by Crippen LogP contribution is -2.30. The van der Waals surface area contributed by atoms with Crippen LogP contribution in [-0.4, -0.2) is 18.0 Å². The molecular weight excluding hydrogens is 344 g/mol. The lowest BCUT2D eigenvalue weighted by Gasteiger charge is -2.14. The van der Waals surface area contributed by atoms with E-state index in [4.69, 9.17) is 27.9 Å². The van der Waals surface area contributed by atoms with Crippen LogP contribution in [0.1, 0.15) is 17.3 Å². The van der Waals surface area contributed by atoms with Gasteiger partial charge in [0.2, 0.25) is 0 Å². The van der Waals surface area contributed by atoms with Gasteiger partial charge in [0.1, 0.15) is 5.82 Å². The van der Waals surface area contributed by atoms with E-state index in [2.05, 4.69) is 5.32 Å². The summed E-state index contributed by atoms with van der Waals surface area (Å²) in [5.74, 6) is -1.92. The zero-order chi connectivity index (χ0) is 17.0. The summed E-state index contributed by atoms with van der Waals surface area (Å²) < 4.78 is 18.0. The van der Waals surface area contributed by atoms with E-state index in [1.807, 2.05) is 0 Å². The van der Waals surface area contributed by atoms with E-state index in [-0.39, 0.29) is 10.6 Å². The second-order valence-electron chi connectivity index (χ2n) is 4.67. The van der Waals surface area contributed by atoms with Crippen LogP contribution < -0.4 is 5.32 Å². The van der Waals surface area contributed by atoms with Gasteiger partial charge in [0, 0.05) is 10.7 Å². The van der Waals surface area contributed by atoms with Crippen molar-refractivity contribution in [1.82, 2.24) is 0 Å². The molecule has 0 aliphatic heterocycles. The molecule has 1 amide bonds. The Labute approximate surface area is 142 Å². The van der Waals surface area contributed by atoms with Crippen molar-refractivity contribution in [3.63, 3.8) is 0 Å². The van der Waals surface area contributed by atoms with Crippen LogP contribution in [0.4, 0.5) is 10.1 Å². The van der Waals surface area contributed by atoms with Crippen molar-refractivity contribution < 1.29 is 18.7 Å². The Bertz CT molecular complexity index is 752. The maximum absolute atomic E-state index is 13.0. The zero-order valence-electron chi connectivity index (χ0n) is 12.0. The van der Waals surface area contributed by atoms with Crippen LogP contribution in [0.5, 0.6) is 0 Å². The van der Waals surface area contributed by atoms with Crippen molar-refractivity contribution in [2.45, 2.75) is 13.0 Å². The van der Waals surface area contributed by atoms with Gasteiger partial charge in [-0.15, -0.1) is 0 Å². The van der Waals surface area contributed by atoms with Gasteiger partial charge in [0.25, 0.3) is 5.91 Å². The van der Waals surface area contributed by atoms with Gasteiger partial charge in [-0.2, -0.15) is 0 Å². The topological polar surface area (TPSA) is 55.4 Å². The number of amides is 1. The molecule has 0 spiro atoms. The van der Waals surface area contributed by atoms with Crippen molar-refractivity contribution >= 4 is 40.8 Å². The molecule has 0 aromatic heterocycles. The van der Waals surface area contributed by atoms with Crippen LogP contribution in [-0.2, 0) is 9.53 Å². The molecule has 0 fully saturated rings. The fourth-order valence-corrected chi connectivity index (χ4v) is 2.18. The molecule has 0 saturated heterocycles. The molecule has 0 saturated carbocycles. The molecule has 1 N–H and O–H groups in total. The van der Waals surface area contributed by atoms with Gasteiger partial charge >= 0.3 is 5.97 Å². The summed E-state index contributed by atoms with van der Waals surface area (Å²) in [7, 11) is 0. The Balaban J connectivity index is 2.01. The summed E-state index contributed by atoms with van der Waals surface area (Å²) in [6, 6.07) is 9.82. The summed E-state index contributed by atoms with van der Waals surface area (Å²) in [6.45, 7) is 1.41. The molecule has 0 radical (unpaired) electrons. The molecule has 23 heavy (non-hydrogen) atoms. The van der Waals surface area contributed by atoms with Gasteiger partial charge in [0.15, 0.2) is 6.10 Å². The molecule has 0 aliphatic rings. The number of anilines is 1. The third-order valence-corrected chi connectivity index (χ3v) is 3.44. The van der Waals surface area contributed by atoms with Crippen molar-refractivity contribution in [3.05, 3.63) is 63.9 Å². The molecule has 7 heteroatoms. The van der Waals surface area contributed by atoms with Gasteiger partial charge in [-0.25, -0.2) is 9.18 Å². The fraction of sp³-hybridized carbons (Fsp3) is 0.125. The van der Waals surface area contributed by atoms with Crippen molar-refractivity contribution in [3.8, 4) is 0 Å². The van der Waals surface area contributed by atoms with Gasteiger partial charge in [-0.05, 0) is 43.3 Å². The number of carbonyl (C=O) groups excluding carboxylic acids is 2. The Morgan fingerprint density at radius 2 is 1.91 bits per heavy atom. The first-order valence-electron chi connectivity index (χ1n) is 6.59. The van der Waals surface area contributed by atoms with Crippen molar-refractivity contribution in [2.75, 3.05) is 5.32 Å². The number of hydrogen-bond acceptors (Lipinski definition) is 3. The van der Waals surface area contributed by atoms with E-state index >= 15 is 0 Å². The van der Waals surface area contributed by atoms with Gasteiger partial charge < -0.3 is 10.1 Å². The molecule has 4 nitrogen and oxygen atoms in total. The SMILES string of the molecule is C[C@H](OC(=O)c1ccc(F)cc1Cl)C(=O)Nc1cccc(Cl)c1. The van der Waals surface area contributed by atoms with Gasteiger partial charge in [-0.1, -0.05) is 29.3 Å². The van der Waals surface area contributed by atoms with E-state index in [0.29, 0.717) is 10.7 Å². The standard InChI is InChI=1S/C16H12Cl2FNO3/c1-9(15(21)20-12-4-2-3-10(17)7-12)23-16(22)13-6-5-11(19)8-14(13)18/h2-9H,1H3,(H,20,21)/t9-/m0/s1. The monoisotopic (exact) mass is 355 g/mol. The lowest BCUT2D eigenvalue weighted by molar-refractivity contribution is -0.123. The van der Waals surface area contributed by atoms with Crippen molar-refractivity contribution in [2.24, 2.45) is 0 Å². The number of carbonyl (C=O) groups is 2. The molecule has 0 unspecified atom stereocenters. The summed E-state index contributed by atoms with van der Waals surface area (Å²) in [6.07, 6.45) is -1.07. The largest absolute Gasteiger partial charge is 0.449 e. The van der Waals surface area contributed by atoms with Crippen LogP contribution in [0.15, 0.2) is 42.5 Å². The number of hydrogen-bond donors (Lipinski definition) is 1. The third-order valence-electron chi connectivity index (χ3n) is 2.90. The maximum Gasteiger partial charge on any atom is 0.340 e. The van der Waals surface area contributed by atoms with Crippen molar-refractivity contribution in [1.29, 1.82) is 0 Å². The average Bonchev–Trinajstić information content (AvgIpc) is 2.46. The molecule has 2 rings (SSSR count). The van der Waals surface area contributed by atoms with Crippen LogP contribution in [0.2, 0.25) is 10.0 Å². The van der Waals surface area contributed by atoms with Crippen LogP contribution in [0, 0.1) is 5.82 Å². The number of benzene rings is 2. The molecule has 0 bridgehead atoms. The number of nitrogens with one attached hydrogen (secondary N) is 1. The summed E-state index contributed by atoms with van der Waals surface area (Å²) >= 11 is 11.6. The van der Waals surface area contributed by atoms with E-state index in [9.17, 15) is 14.0 Å². The summed E-state index contributed by atoms with van der Waals surface area (Å²) in [5.41, 5.74) is 0.459. The predicted molar refractivity (Wildman–Crippen MR) is 86.4 cm³/mol. The average molecular weight is 356 g/mol. The molecular formula is C16H12Cl2FNO3. The quantitative estimate of drug-likeness (QED) is 0.831. The first kappa shape index (κ1) is 17.2. The maximum atomic E-state index is 13.0. The summed E-state index contributed by atoms with van der Waals surface area (Å²) in [5, 5.41) is 2.95. The minimum Gasteiger partial charge on any atom is -0.449 e. The molecule has 120 valence electrons. The smallest absolute Gasteiger partial charge is 0.340 e. The first-order valence-corrected chi connectivity index (χ1v) is 7.35. The predicted octanol–water partition coefficient (Wildman–Crippen LogP) is 4.32. The zero-order valence-corrected chi connectivity index (χ0v) is 13.5. The Kier molecular flexibility index (Phi) is 5.58. The third kappa shape index (κ3) is 4.68.